The Morgan fingerprint density at radius 2 is 0.923 bits per heavy atom. The minimum absolute atomic E-state index is 1.45. The van der Waals surface area contributed by atoms with E-state index < -0.39 is 0 Å². The van der Waals surface area contributed by atoms with Crippen molar-refractivity contribution >= 4 is 11.8 Å². The van der Waals surface area contributed by atoms with Crippen LogP contribution in [0.4, 0.5) is 0 Å². The summed E-state index contributed by atoms with van der Waals surface area (Å²) in [6.07, 6.45) is 2.16. The molecule has 0 unspecified atom stereocenters. The molecule has 0 aliphatic heterocycles. The Balaban J connectivity index is 3.56. The van der Waals surface area contributed by atoms with E-state index in [1.54, 1.807) is 0 Å². The molecule has 13 heavy (non-hydrogen) atoms. The SMILES string of the molecule is CSc1c(C)c(C)c(C)c(C)c1C. The predicted molar refractivity (Wildman–Crippen MR) is 61.9 cm³/mol. The Bertz CT molecular complexity index is 308. The van der Waals surface area contributed by atoms with Crippen LogP contribution in [0, 0.1) is 34.6 Å². The van der Waals surface area contributed by atoms with Gasteiger partial charge in [-0.15, -0.1) is 11.8 Å². The molecule has 0 aliphatic carbocycles. The normalized spacial score (nSPS) is 10.6. The van der Waals surface area contributed by atoms with E-state index in [0.717, 1.165) is 0 Å². The molecular weight excluding hydrogens is 176 g/mol. The summed E-state index contributed by atoms with van der Waals surface area (Å²) in [5.74, 6) is 0. The Labute approximate surface area is 85.7 Å². The first-order chi connectivity index (χ1) is 6.00. The monoisotopic (exact) mass is 194 g/mol. The van der Waals surface area contributed by atoms with E-state index in [1.807, 2.05) is 11.8 Å². The molecule has 0 atom stereocenters. The highest BCUT2D eigenvalue weighted by molar-refractivity contribution is 7.98. The predicted octanol–water partition coefficient (Wildman–Crippen LogP) is 3.95. The summed E-state index contributed by atoms with van der Waals surface area (Å²) in [5.41, 5.74) is 7.26. The Morgan fingerprint density at radius 1 is 0.615 bits per heavy atom. The smallest absolute Gasteiger partial charge is 0.0133 e. The van der Waals surface area contributed by atoms with Crippen LogP contribution in [0.15, 0.2) is 4.90 Å². The van der Waals surface area contributed by atoms with Gasteiger partial charge in [0.15, 0.2) is 0 Å². The summed E-state index contributed by atoms with van der Waals surface area (Å²) in [5, 5.41) is 0. The van der Waals surface area contributed by atoms with Gasteiger partial charge in [-0.05, 0) is 68.7 Å². The Morgan fingerprint density at radius 3 is 1.23 bits per heavy atom. The van der Waals surface area contributed by atoms with E-state index in [2.05, 4.69) is 40.9 Å². The molecule has 0 N–H and O–H groups in total. The lowest BCUT2D eigenvalue weighted by atomic mass is 9.95. The zero-order chi connectivity index (χ0) is 10.2. The maximum absolute atomic E-state index is 2.22. The Kier molecular flexibility index (Phi) is 3.07. The van der Waals surface area contributed by atoms with Gasteiger partial charge in [-0.2, -0.15) is 0 Å². The van der Waals surface area contributed by atoms with Gasteiger partial charge in [-0.25, -0.2) is 0 Å². The minimum atomic E-state index is 1.45. The van der Waals surface area contributed by atoms with E-state index in [0.29, 0.717) is 0 Å². The molecule has 0 amide bonds. The molecule has 0 heterocycles. The average Bonchev–Trinajstić information content (AvgIpc) is 2.13. The second-order valence-electron chi connectivity index (χ2n) is 3.66. The molecular formula is C12H18S. The lowest BCUT2D eigenvalue weighted by Crippen LogP contribution is -1.97. The van der Waals surface area contributed by atoms with Crippen molar-refractivity contribution in [2.45, 2.75) is 39.5 Å². The highest BCUT2D eigenvalue weighted by atomic mass is 32.2. The van der Waals surface area contributed by atoms with Crippen molar-refractivity contribution in [2.75, 3.05) is 6.26 Å². The van der Waals surface area contributed by atoms with Crippen molar-refractivity contribution in [2.24, 2.45) is 0 Å². The molecule has 0 aromatic heterocycles. The van der Waals surface area contributed by atoms with Crippen LogP contribution in [0.3, 0.4) is 0 Å². The van der Waals surface area contributed by atoms with Gasteiger partial charge < -0.3 is 0 Å². The topological polar surface area (TPSA) is 0 Å². The van der Waals surface area contributed by atoms with E-state index >= 15 is 0 Å². The lowest BCUT2D eigenvalue weighted by Gasteiger charge is -2.16. The first kappa shape index (κ1) is 10.6. The molecule has 72 valence electrons. The van der Waals surface area contributed by atoms with Crippen LogP contribution < -0.4 is 0 Å². The summed E-state index contributed by atoms with van der Waals surface area (Å²) in [4.78, 5) is 1.46. The summed E-state index contributed by atoms with van der Waals surface area (Å²) in [6.45, 7) is 11.1. The van der Waals surface area contributed by atoms with Crippen LogP contribution in [0.2, 0.25) is 0 Å². The van der Waals surface area contributed by atoms with Gasteiger partial charge in [-0.3, -0.25) is 0 Å². The number of rotatable bonds is 1. The second kappa shape index (κ2) is 3.75. The van der Waals surface area contributed by atoms with Crippen molar-refractivity contribution in [3.63, 3.8) is 0 Å². The van der Waals surface area contributed by atoms with Crippen molar-refractivity contribution < 1.29 is 0 Å². The largest absolute Gasteiger partial charge is 0.129 e. The van der Waals surface area contributed by atoms with Crippen molar-refractivity contribution in [3.05, 3.63) is 27.8 Å². The third kappa shape index (κ3) is 1.62. The standard InChI is InChI=1S/C12H18S/c1-7-8(2)10(4)12(13-6)11(5)9(7)3/h1-6H3. The zero-order valence-electron chi connectivity index (χ0n) is 9.41. The fourth-order valence-corrected chi connectivity index (χ4v) is 2.69. The molecule has 0 aliphatic rings. The third-order valence-corrected chi connectivity index (χ3v) is 4.16. The van der Waals surface area contributed by atoms with Crippen LogP contribution in [-0.2, 0) is 0 Å². The highest BCUT2D eigenvalue weighted by Gasteiger charge is 2.10. The maximum Gasteiger partial charge on any atom is 0.0133 e. The molecule has 0 spiro atoms. The van der Waals surface area contributed by atoms with E-state index in [4.69, 9.17) is 0 Å². The second-order valence-corrected chi connectivity index (χ2v) is 4.47. The van der Waals surface area contributed by atoms with E-state index in [9.17, 15) is 0 Å². The van der Waals surface area contributed by atoms with Gasteiger partial charge in [0.1, 0.15) is 0 Å². The molecule has 0 radical (unpaired) electrons. The molecule has 0 nitrogen and oxygen atoms in total. The molecule has 1 heteroatoms. The molecule has 0 saturated carbocycles. The van der Waals surface area contributed by atoms with Gasteiger partial charge in [0.25, 0.3) is 0 Å². The zero-order valence-corrected chi connectivity index (χ0v) is 10.2. The summed E-state index contributed by atoms with van der Waals surface area (Å²) in [6, 6.07) is 0. The highest BCUT2D eigenvalue weighted by Crippen LogP contribution is 2.31. The lowest BCUT2D eigenvalue weighted by molar-refractivity contribution is 1.09. The van der Waals surface area contributed by atoms with Crippen LogP contribution in [0.1, 0.15) is 27.8 Å². The van der Waals surface area contributed by atoms with E-state index in [-0.39, 0.29) is 0 Å². The van der Waals surface area contributed by atoms with Crippen molar-refractivity contribution in [1.29, 1.82) is 0 Å². The first-order valence-electron chi connectivity index (χ1n) is 4.61. The van der Waals surface area contributed by atoms with Crippen LogP contribution in [-0.4, -0.2) is 6.26 Å². The molecule has 0 saturated heterocycles. The summed E-state index contributed by atoms with van der Waals surface area (Å²) < 4.78 is 0. The van der Waals surface area contributed by atoms with Crippen molar-refractivity contribution in [1.82, 2.24) is 0 Å². The molecule has 1 aromatic carbocycles. The molecule has 0 bridgehead atoms. The molecule has 1 rings (SSSR count). The van der Waals surface area contributed by atoms with E-state index in [1.165, 1.54) is 32.7 Å². The van der Waals surface area contributed by atoms with Gasteiger partial charge in [-0.1, -0.05) is 0 Å². The maximum atomic E-state index is 2.22. The molecule has 0 fully saturated rings. The summed E-state index contributed by atoms with van der Waals surface area (Å²) >= 11 is 1.86. The average molecular weight is 194 g/mol. The van der Waals surface area contributed by atoms with Crippen LogP contribution in [0.25, 0.3) is 0 Å². The number of thioether (sulfide) groups is 1. The fourth-order valence-electron chi connectivity index (χ4n) is 1.77. The summed E-state index contributed by atoms with van der Waals surface area (Å²) in [7, 11) is 0. The number of benzene rings is 1. The van der Waals surface area contributed by atoms with Crippen LogP contribution in [0.5, 0.6) is 0 Å². The first-order valence-corrected chi connectivity index (χ1v) is 5.84. The Hall–Kier alpha value is -0.430. The van der Waals surface area contributed by atoms with Gasteiger partial charge in [0.05, 0.1) is 0 Å². The van der Waals surface area contributed by atoms with Gasteiger partial charge >= 0.3 is 0 Å². The third-order valence-electron chi connectivity index (χ3n) is 3.14. The van der Waals surface area contributed by atoms with Gasteiger partial charge in [0, 0.05) is 4.90 Å². The minimum Gasteiger partial charge on any atom is -0.129 e. The van der Waals surface area contributed by atoms with Crippen LogP contribution >= 0.6 is 11.8 Å². The fraction of sp³-hybridized carbons (Fsp3) is 0.500. The molecule has 1 aromatic rings. The van der Waals surface area contributed by atoms with Gasteiger partial charge in [0.2, 0.25) is 0 Å². The van der Waals surface area contributed by atoms with Crippen molar-refractivity contribution in [3.8, 4) is 0 Å². The quantitative estimate of drug-likeness (QED) is 0.610. The number of hydrogen-bond acceptors (Lipinski definition) is 1. The number of hydrogen-bond donors (Lipinski definition) is 0.